The van der Waals surface area contributed by atoms with Crippen LogP contribution in [0, 0.1) is 5.92 Å². The molecule has 0 unspecified atom stereocenters. The second-order valence-electron chi connectivity index (χ2n) is 11.2. The van der Waals surface area contributed by atoms with Crippen LogP contribution in [0.1, 0.15) is 30.6 Å². The van der Waals surface area contributed by atoms with Crippen molar-refractivity contribution in [3.05, 3.63) is 35.2 Å². The highest BCUT2D eigenvalue weighted by molar-refractivity contribution is 7.14. The molecule has 0 bridgehead atoms. The molecule has 0 aliphatic carbocycles. The Bertz CT molecular complexity index is 1250. The van der Waals surface area contributed by atoms with Gasteiger partial charge in [0.15, 0.2) is 10.9 Å². The molecule has 5 atom stereocenters. The van der Waals surface area contributed by atoms with E-state index in [4.69, 9.17) is 19.2 Å². The molecule has 12 heteroatoms. The van der Waals surface area contributed by atoms with Gasteiger partial charge >= 0.3 is 0 Å². The molecular weight excluding hydrogens is 558 g/mol. The number of thiazole rings is 1. The van der Waals surface area contributed by atoms with Crippen LogP contribution >= 0.6 is 11.3 Å². The predicted octanol–water partition coefficient (Wildman–Crippen LogP) is 1.92. The number of rotatable bonds is 11. The number of amides is 2. The molecule has 11 nitrogen and oxygen atoms in total. The molecular formula is C30H41N5O6S. The lowest BCUT2D eigenvalue weighted by molar-refractivity contribution is -0.139. The zero-order valence-electron chi connectivity index (χ0n) is 24.8. The quantitative estimate of drug-likeness (QED) is 0.414. The number of nitrogens with zero attached hydrogens (tertiary/aromatic N) is 4. The molecule has 5 rings (SSSR count). The summed E-state index contributed by atoms with van der Waals surface area (Å²) in [6.07, 6.45) is -0.156. The first-order chi connectivity index (χ1) is 20.3. The zero-order chi connectivity index (χ0) is 29.8. The van der Waals surface area contributed by atoms with Crippen LogP contribution in [0.25, 0.3) is 11.3 Å². The van der Waals surface area contributed by atoms with Crippen molar-refractivity contribution in [2.75, 3.05) is 71.6 Å². The summed E-state index contributed by atoms with van der Waals surface area (Å²) in [6.45, 7) is 9.65. The number of nitrogens with one attached hydrogen (secondary N) is 1. The van der Waals surface area contributed by atoms with Crippen LogP contribution in [-0.4, -0.2) is 123 Å². The Morgan fingerprint density at radius 3 is 2.57 bits per heavy atom. The highest BCUT2D eigenvalue weighted by Gasteiger charge is 2.53. The average Bonchev–Trinajstić information content (AvgIpc) is 3.75. The lowest BCUT2D eigenvalue weighted by Crippen LogP contribution is -2.54. The van der Waals surface area contributed by atoms with E-state index in [0.717, 1.165) is 55.7 Å². The Balaban J connectivity index is 1.22. The van der Waals surface area contributed by atoms with Gasteiger partial charge in [-0.2, -0.15) is 0 Å². The zero-order valence-corrected chi connectivity index (χ0v) is 25.6. The van der Waals surface area contributed by atoms with Gasteiger partial charge in [-0.3, -0.25) is 19.3 Å². The van der Waals surface area contributed by atoms with E-state index in [1.165, 1.54) is 4.90 Å². The fourth-order valence-corrected chi connectivity index (χ4v) is 6.74. The summed E-state index contributed by atoms with van der Waals surface area (Å²) in [5.41, 5.74) is 2.25. The van der Waals surface area contributed by atoms with Gasteiger partial charge < -0.3 is 29.3 Å². The molecule has 0 saturated carbocycles. The van der Waals surface area contributed by atoms with Gasteiger partial charge in [-0.05, 0) is 18.1 Å². The molecule has 3 saturated heterocycles. The molecule has 2 amide bonds. The second kappa shape index (κ2) is 13.6. The highest BCUT2D eigenvalue weighted by atomic mass is 32.1. The van der Waals surface area contributed by atoms with Crippen LogP contribution in [0.5, 0.6) is 0 Å². The van der Waals surface area contributed by atoms with Crippen LogP contribution in [0.3, 0.4) is 0 Å². The number of hydrogen-bond donors (Lipinski definition) is 1. The second-order valence-corrected chi connectivity index (χ2v) is 12.0. The van der Waals surface area contributed by atoms with Gasteiger partial charge in [0.1, 0.15) is 30.9 Å². The van der Waals surface area contributed by atoms with Gasteiger partial charge in [-0.1, -0.05) is 32.4 Å². The monoisotopic (exact) mass is 599 g/mol. The van der Waals surface area contributed by atoms with Crippen LogP contribution in [0.2, 0.25) is 0 Å². The molecule has 0 radical (unpaired) electrons. The number of benzene rings is 1. The first-order valence-electron chi connectivity index (χ1n) is 14.6. The van der Waals surface area contributed by atoms with Gasteiger partial charge in [0, 0.05) is 63.5 Å². The number of fused-ring (bicyclic) bond motifs is 1. The van der Waals surface area contributed by atoms with Crippen molar-refractivity contribution in [3.63, 3.8) is 0 Å². The van der Waals surface area contributed by atoms with Crippen LogP contribution in [0.15, 0.2) is 29.6 Å². The number of likely N-dealkylation sites (tertiary alicyclic amines) is 1. The summed E-state index contributed by atoms with van der Waals surface area (Å²) in [4.78, 5) is 50.7. The largest absolute Gasteiger partial charge is 0.383 e. The molecule has 3 fully saturated rings. The number of ether oxygens (including phenoxy) is 3. The minimum absolute atomic E-state index is 0.0301. The van der Waals surface area contributed by atoms with Crippen molar-refractivity contribution >= 4 is 34.1 Å². The summed E-state index contributed by atoms with van der Waals surface area (Å²) in [5.74, 6) is -0.878. The smallest absolute Gasteiger partial charge is 0.251 e. The van der Waals surface area contributed by atoms with E-state index >= 15 is 0 Å². The van der Waals surface area contributed by atoms with Crippen molar-refractivity contribution in [3.8, 4) is 11.3 Å². The fourth-order valence-electron chi connectivity index (χ4n) is 5.85. The molecule has 3 aliphatic heterocycles. The molecule has 2 aromatic rings. The third kappa shape index (κ3) is 6.37. The molecule has 228 valence electrons. The number of ketones is 1. The number of anilines is 1. The van der Waals surface area contributed by atoms with Crippen LogP contribution < -0.4 is 10.2 Å². The first-order valence-corrected chi connectivity index (χ1v) is 15.5. The number of hydrogen-bond acceptors (Lipinski definition) is 10. The molecule has 3 aliphatic rings. The van der Waals surface area contributed by atoms with Crippen LogP contribution in [-0.2, 0) is 23.8 Å². The van der Waals surface area contributed by atoms with E-state index in [-0.39, 0.29) is 42.8 Å². The number of carbonyl (C=O) groups is 3. The van der Waals surface area contributed by atoms with Crippen molar-refractivity contribution in [2.24, 2.45) is 5.92 Å². The maximum atomic E-state index is 13.7. The molecule has 4 heterocycles. The van der Waals surface area contributed by atoms with Gasteiger partial charge in [0.05, 0.1) is 18.8 Å². The topological polar surface area (TPSA) is 114 Å². The molecule has 0 spiro atoms. The molecule has 1 aromatic heterocycles. The summed E-state index contributed by atoms with van der Waals surface area (Å²) in [5, 5.41) is 6.00. The molecule has 1 N–H and O–H groups in total. The van der Waals surface area contributed by atoms with E-state index in [0.29, 0.717) is 12.0 Å². The predicted molar refractivity (Wildman–Crippen MR) is 160 cm³/mol. The lowest BCUT2D eigenvalue weighted by Gasteiger charge is -2.34. The highest BCUT2D eigenvalue weighted by Crippen LogP contribution is 2.31. The summed E-state index contributed by atoms with van der Waals surface area (Å²) in [7, 11) is 3.28. The number of Topliss-reactive ketones (excluding diaryl/α,β-unsaturated/α-hetero) is 1. The summed E-state index contributed by atoms with van der Waals surface area (Å²) >= 11 is 1.63. The maximum absolute atomic E-state index is 13.7. The minimum Gasteiger partial charge on any atom is -0.383 e. The number of methoxy groups -OCH3 is 2. The average molecular weight is 600 g/mol. The van der Waals surface area contributed by atoms with E-state index in [1.54, 1.807) is 37.7 Å². The normalized spacial score (nSPS) is 24.1. The van der Waals surface area contributed by atoms with Crippen molar-refractivity contribution in [2.45, 2.75) is 44.6 Å². The Hall–Kier alpha value is -2.90. The summed E-state index contributed by atoms with van der Waals surface area (Å²) < 4.78 is 16.3. The molecule has 1 aromatic carbocycles. The van der Waals surface area contributed by atoms with Crippen LogP contribution in [0.4, 0.5) is 5.13 Å². The Kier molecular flexibility index (Phi) is 9.89. The minimum atomic E-state index is -0.775. The lowest BCUT2D eigenvalue weighted by atomic mass is 9.96. The summed E-state index contributed by atoms with van der Waals surface area (Å²) in [6, 6.07) is 5.85. The number of piperazine rings is 1. The Morgan fingerprint density at radius 2 is 1.90 bits per heavy atom. The van der Waals surface area contributed by atoms with Gasteiger partial charge in [0.2, 0.25) is 5.91 Å². The number of carbonyl (C=O) groups excluding carboxylic acids is 3. The third-order valence-electron chi connectivity index (χ3n) is 8.68. The molecule has 42 heavy (non-hydrogen) atoms. The van der Waals surface area contributed by atoms with E-state index < -0.39 is 18.2 Å². The fraction of sp³-hybridized carbons (Fsp3) is 0.600. The first kappa shape index (κ1) is 30.6. The van der Waals surface area contributed by atoms with Crippen molar-refractivity contribution in [1.29, 1.82) is 0 Å². The van der Waals surface area contributed by atoms with Gasteiger partial charge in [-0.25, -0.2) is 4.98 Å². The van der Waals surface area contributed by atoms with Gasteiger partial charge in [-0.15, -0.1) is 11.3 Å². The Labute approximate surface area is 251 Å². The van der Waals surface area contributed by atoms with Crippen molar-refractivity contribution < 1.29 is 28.6 Å². The van der Waals surface area contributed by atoms with Crippen molar-refractivity contribution in [1.82, 2.24) is 20.1 Å². The van der Waals surface area contributed by atoms with E-state index in [9.17, 15) is 14.4 Å². The Morgan fingerprint density at radius 1 is 1.17 bits per heavy atom. The van der Waals surface area contributed by atoms with E-state index in [2.05, 4.69) is 15.1 Å². The van der Waals surface area contributed by atoms with Gasteiger partial charge in [0.25, 0.3) is 5.91 Å². The number of aromatic nitrogens is 1. The standard InChI is InChI=1S/C30H41N5O6S/c1-5-19(2)25(29(38)35-16-24(40-4)27-26(35)23(36)17-41-27)32-28(37)21-8-6-20(7-9-21)22-18-42-30(31-22)34-12-10-33(11-13-34)14-15-39-3/h6-9,18-19,24-27H,5,10-17H2,1-4H3,(H,32,37)/t19-,24-,25-,26+,27-/m0/s1. The van der Waals surface area contributed by atoms with E-state index in [1.807, 2.05) is 31.4 Å². The SMILES string of the molecule is CC[C@H](C)[C@H](NC(=O)c1ccc(-c2csc(N3CCN(CCOC)CC3)n2)cc1)C(=O)N1C[C@H](OC)[C@@H]2OCC(=O)[C@H]21. The third-order valence-corrected chi connectivity index (χ3v) is 9.58. The maximum Gasteiger partial charge on any atom is 0.251 e.